The van der Waals surface area contributed by atoms with Gasteiger partial charge in [0, 0.05) is 10.0 Å². The van der Waals surface area contributed by atoms with E-state index in [4.69, 9.17) is 11.6 Å². The zero-order valence-corrected chi connectivity index (χ0v) is 13.0. The SMILES string of the molecule is Cc1ccc(Cl)c(NC(=O)c2cccc(Br)c2C)c1. The molecular weight excluding hydrogens is 326 g/mol. The highest BCUT2D eigenvalue weighted by atomic mass is 79.9. The van der Waals surface area contributed by atoms with E-state index in [1.54, 1.807) is 12.1 Å². The molecule has 0 aliphatic heterocycles. The summed E-state index contributed by atoms with van der Waals surface area (Å²) in [6.07, 6.45) is 0. The molecule has 0 unspecified atom stereocenters. The molecule has 98 valence electrons. The van der Waals surface area contributed by atoms with Gasteiger partial charge in [-0.1, -0.05) is 39.7 Å². The molecule has 0 radical (unpaired) electrons. The summed E-state index contributed by atoms with van der Waals surface area (Å²) in [4.78, 5) is 12.3. The van der Waals surface area contributed by atoms with Crippen LogP contribution in [0.15, 0.2) is 40.9 Å². The van der Waals surface area contributed by atoms with Crippen LogP contribution in [0, 0.1) is 13.8 Å². The molecule has 2 aromatic carbocycles. The molecule has 0 spiro atoms. The fraction of sp³-hybridized carbons (Fsp3) is 0.133. The molecule has 0 bridgehead atoms. The van der Waals surface area contributed by atoms with Gasteiger partial charge in [-0.2, -0.15) is 0 Å². The van der Waals surface area contributed by atoms with Crippen LogP contribution in [-0.4, -0.2) is 5.91 Å². The lowest BCUT2D eigenvalue weighted by Crippen LogP contribution is -2.14. The van der Waals surface area contributed by atoms with Gasteiger partial charge in [-0.3, -0.25) is 4.79 Å². The summed E-state index contributed by atoms with van der Waals surface area (Å²) in [6, 6.07) is 11.1. The number of anilines is 1. The summed E-state index contributed by atoms with van der Waals surface area (Å²) >= 11 is 9.49. The molecule has 2 rings (SSSR count). The van der Waals surface area contributed by atoms with E-state index < -0.39 is 0 Å². The van der Waals surface area contributed by atoms with Gasteiger partial charge in [0.15, 0.2) is 0 Å². The van der Waals surface area contributed by atoms with Crippen LogP contribution < -0.4 is 5.32 Å². The summed E-state index contributed by atoms with van der Waals surface area (Å²) in [5.74, 6) is -0.161. The quantitative estimate of drug-likeness (QED) is 0.823. The largest absolute Gasteiger partial charge is 0.321 e. The molecule has 1 N–H and O–H groups in total. The molecule has 2 aromatic rings. The van der Waals surface area contributed by atoms with Crippen LogP contribution in [0.1, 0.15) is 21.5 Å². The molecular formula is C15H13BrClNO. The number of rotatable bonds is 2. The summed E-state index contributed by atoms with van der Waals surface area (Å²) in [5.41, 5.74) is 3.22. The van der Waals surface area contributed by atoms with Crippen molar-refractivity contribution in [1.29, 1.82) is 0 Å². The first kappa shape index (κ1) is 14.1. The van der Waals surface area contributed by atoms with Gasteiger partial charge in [0.1, 0.15) is 0 Å². The van der Waals surface area contributed by atoms with Crippen LogP contribution in [-0.2, 0) is 0 Å². The van der Waals surface area contributed by atoms with Gasteiger partial charge < -0.3 is 5.32 Å². The maximum Gasteiger partial charge on any atom is 0.256 e. The number of benzene rings is 2. The maximum absolute atomic E-state index is 12.3. The number of aryl methyl sites for hydroxylation is 1. The third-order valence-corrected chi connectivity index (χ3v) is 4.07. The second-order valence-corrected chi connectivity index (χ2v) is 5.61. The summed E-state index contributed by atoms with van der Waals surface area (Å²) in [5, 5.41) is 3.38. The normalized spacial score (nSPS) is 10.3. The fourth-order valence-electron chi connectivity index (χ4n) is 1.78. The third-order valence-electron chi connectivity index (χ3n) is 2.88. The Kier molecular flexibility index (Phi) is 4.27. The van der Waals surface area contributed by atoms with Crippen molar-refractivity contribution >= 4 is 39.1 Å². The van der Waals surface area contributed by atoms with Crippen LogP contribution in [0.25, 0.3) is 0 Å². The Hall–Kier alpha value is -1.32. The average molecular weight is 339 g/mol. The molecule has 0 saturated heterocycles. The highest BCUT2D eigenvalue weighted by Crippen LogP contribution is 2.25. The Labute approximate surface area is 125 Å². The molecule has 0 atom stereocenters. The Morgan fingerprint density at radius 3 is 2.68 bits per heavy atom. The van der Waals surface area contributed by atoms with Crippen molar-refractivity contribution < 1.29 is 4.79 Å². The maximum atomic E-state index is 12.3. The summed E-state index contributed by atoms with van der Waals surface area (Å²) < 4.78 is 0.912. The van der Waals surface area contributed by atoms with Gasteiger partial charge in [-0.25, -0.2) is 0 Å². The fourth-order valence-corrected chi connectivity index (χ4v) is 2.31. The minimum Gasteiger partial charge on any atom is -0.321 e. The molecule has 0 aromatic heterocycles. The van der Waals surface area contributed by atoms with Gasteiger partial charge in [0.25, 0.3) is 5.91 Å². The van der Waals surface area contributed by atoms with E-state index in [2.05, 4.69) is 21.2 Å². The topological polar surface area (TPSA) is 29.1 Å². The van der Waals surface area contributed by atoms with Gasteiger partial charge >= 0.3 is 0 Å². The van der Waals surface area contributed by atoms with E-state index in [0.29, 0.717) is 16.3 Å². The van der Waals surface area contributed by atoms with E-state index in [1.165, 1.54) is 0 Å². The van der Waals surface area contributed by atoms with Gasteiger partial charge in [-0.05, 0) is 49.2 Å². The van der Waals surface area contributed by atoms with E-state index in [9.17, 15) is 4.79 Å². The van der Waals surface area contributed by atoms with Crippen molar-refractivity contribution in [2.45, 2.75) is 13.8 Å². The second kappa shape index (κ2) is 5.76. The van der Waals surface area contributed by atoms with Crippen molar-refractivity contribution in [2.75, 3.05) is 5.32 Å². The third kappa shape index (κ3) is 3.17. The van der Waals surface area contributed by atoms with Gasteiger partial charge in [-0.15, -0.1) is 0 Å². The molecule has 2 nitrogen and oxygen atoms in total. The molecule has 0 fully saturated rings. The van der Waals surface area contributed by atoms with Crippen LogP contribution in [0.5, 0.6) is 0 Å². The van der Waals surface area contributed by atoms with E-state index in [-0.39, 0.29) is 5.91 Å². The van der Waals surface area contributed by atoms with Crippen LogP contribution in [0.3, 0.4) is 0 Å². The van der Waals surface area contributed by atoms with Crippen LogP contribution in [0.4, 0.5) is 5.69 Å². The first-order valence-corrected chi connectivity index (χ1v) is 6.99. The van der Waals surface area contributed by atoms with Crippen molar-refractivity contribution in [3.63, 3.8) is 0 Å². The van der Waals surface area contributed by atoms with Crippen LogP contribution in [0.2, 0.25) is 5.02 Å². The van der Waals surface area contributed by atoms with Crippen molar-refractivity contribution in [1.82, 2.24) is 0 Å². The predicted molar refractivity (Wildman–Crippen MR) is 83.0 cm³/mol. The lowest BCUT2D eigenvalue weighted by atomic mass is 10.1. The smallest absolute Gasteiger partial charge is 0.256 e. The summed E-state index contributed by atoms with van der Waals surface area (Å²) in [6.45, 7) is 3.85. The minimum atomic E-state index is -0.161. The Morgan fingerprint density at radius 2 is 1.95 bits per heavy atom. The van der Waals surface area contributed by atoms with E-state index in [1.807, 2.05) is 38.1 Å². The number of carbonyl (C=O) groups is 1. The average Bonchev–Trinajstić information content (AvgIpc) is 2.37. The Morgan fingerprint density at radius 1 is 1.21 bits per heavy atom. The molecule has 0 saturated carbocycles. The van der Waals surface area contributed by atoms with Gasteiger partial charge in [0.2, 0.25) is 0 Å². The second-order valence-electron chi connectivity index (χ2n) is 4.35. The number of amides is 1. The standard InChI is InChI=1S/C15H13BrClNO/c1-9-6-7-13(17)14(8-9)18-15(19)11-4-3-5-12(16)10(11)2/h3-8H,1-2H3,(H,18,19). The zero-order chi connectivity index (χ0) is 14.0. The monoisotopic (exact) mass is 337 g/mol. The molecule has 0 heterocycles. The molecule has 0 aliphatic carbocycles. The Balaban J connectivity index is 2.31. The highest BCUT2D eigenvalue weighted by Gasteiger charge is 2.12. The molecule has 4 heteroatoms. The van der Waals surface area contributed by atoms with Gasteiger partial charge in [0.05, 0.1) is 10.7 Å². The minimum absolute atomic E-state index is 0.161. The molecule has 0 aliphatic rings. The van der Waals surface area contributed by atoms with Crippen LogP contribution >= 0.6 is 27.5 Å². The van der Waals surface area contributed by atoms with Crippen molar-refractivity contribution in [3.8, 4) is 0 Å². The van der Waals surface area contributed by atoms with Crippen molar-refractivity contribution in [2.24, 2.45) is 0 Å². The predicted octanol–water partition coefficient (Wildman–Crippen LogP) is 4.97. The molecule has 1 amide bonds. The van der Waals surface area contributed by atoms with E-state index in [0.717, 1.165) is 15.6 Å². The lowest BCUT2D eigenvalue weighted by molar-refractivity contribution is 0.102. The number of hydrogen-bond acceptors (Lipinski definition) is 1. The Bertz CT molecular complexity index is 640. The highest BCUT2D eigenvalue weighted by molar-refractivity contribution is 9.10. The number of halogens is 2. The number of carbonyl (C=O) groups excluding carboxylic acids is 1. The number of hydrogen-bond donors (Lipinski definition) is 1. The first-order valence-electron chi connectivity index (χ1n) is 5.81. The zero-order valence-electron chi connectivity index (χ0n) is 10.6. The molecule has 19 heavy (non-hydrogen) atoms. The summed E-state index contributed by atoms with van der Waals surface area (Å²) in [7, 11) is 0. The lowest BCUT2D eigenvalue weighted by Gasteiger charge is -2.10. The first-order chi connectivity index (χ1) is 8.99. The van der Waals surface area contributed by atoms with Crippen molar-refractivity contribution in [3.05, 3.63) is 62.6 Å². The van der Waals surface area contributed by atoms with E-state index >= 15 is 0 Å². The number of nitrogens with one attached hydrogen (secondary N) is 1.